The summed E-state index contributed by atoms with van der Waals surface area (Å²) in [4.78, 5) is 1.02. The van der Waals surface area contributed by atoms with Gasteiger partial charge in [-0.05, 0) is 54.0 Å². The Labute approximate surface area is 119 Å². The zero-order chi connectivity index (χ0) is 13.0. The van der Waals surface area contributed by atoms with Crippen LogP contribution in [0.25, 0.3) is 10.8 Å². The van der Waals surface area contributed by atoms with Gasteiger partial charge < -0.3 is 9.73 Å². The molecule has 2 aromatic heterocycles. The summed E-state index contributed by atoms with van der Waals surface area (Å²) < 4.78 is 6.77. The van der Waals surface area contributed by atoms with Gasteiger partial charge in [0, 0.05) is 6.42 Å². The van der Waals surface area contributed by atoms with Crippen LogP contribution >= 0.6 is 27.3 Å². The van der Waals surface area contributed by atoms with E-state index < -0.39 is 0 Å². The molecule has 2 rings (SSSR count). The lowest BCUT2D eigenvalue weighted by Crippen LogP contribution is -2.14. The molecule has 18 heavy (non-hydrogen) atoms. The van der Waals surface area contributed by atoms with E-state index in [2.05, 4.69) is 51.4 Å². The van der Waals surface area contributed by atoms with Crippen molar-refractivity contribution in [3.05, 3.63) is 21.3 Å². The lowest BCUT2D eigenvalue weighted by molar-refractivity contribution is 0.493. The Morgan fingerprint density at radius 3 is 2.94 bits per heavy atom. The molecule has 2 heterocycles. The Kier molecular flexibility index (Phi) is 4.91. The normalized spacial score (nSPS) is 11.1. The van der Waals surface area contributed by atoms with E-state index in [-0.39, 0.29) is 0 Å². The Balaban J connectivity index is 1.97. The number of thiophene rings is 1. The Bertz CT molecular complexity index is 490. The largest absolute Gasteiger partial charge is 0.420 e. The van der Waals surface area contributed by atoms with Crippen molar-refractivity contribution < 1.29 is 4.42 Å². The fourth-order valence-corrected chi connectivity index (χ4v) is 3.02. The summed E-state index contributed by atoms with van der Waals surface area (Å²) in [6, 6.07) is 2.06. The van der Waals surface area contributed by atoms with Crippen molar-refractivity contribution in [2.75, 3.05) is 13.1 Å². The van der Waals surface area contributed by atoms with Crippen LogP contribution in [0.5, 0.6) is 0 Å². The summed E-state index contributed by atoms with van der Waals surface area (Å²) in [7, 11) is 0. The Morgan fingerprint density at radius 2 is 2.28 bits per heavy atom. The van der Waals surface area contributed by atoms with Gasteiger partial charge in [-0.1, -0.05) is 6.92 Å². The average Bonchev–Trinajstić information content (AvgIpc) is 2.93. The highest BCUT2D eigenvalue weighted by Gasteiger charge is 2.12. The van der Waals surface area contributed by atoms with E-state index in [4.69, 9.17) is 4.42 Å². The Morgan fingerprint density at radius 1 is 1.44 bits per heavy atom. The molecule has 6 heteroatoms. The molecule has 0 aromatic carbocycles. The number of hydrogen-bond donors (Lipinski definition) is 1. The topological polar surface area (TPSA) is 51.0 Å². The van der Waals surface area contributed by atoms with Crippen molar-refractivity contribution in [1.82, 2.24) is 15.5 Å². The third kappa shape index (κ3) is 3.40. The molecular formula is C12H16BrN3OS. The van der Waals surface area contributed by atoms with E-state index >= 15 is 0 Å². The van der Waals surface area contributed by atoms with Crippen molar-refractivity contribution in [3.63, 3.8) is 0 Å². The quantitative estimate of drug-likeness (QED) is 0.825. The van der Waals surface area contributed by atoms with Crippen molar-refractivity contribution in [2.24, 2.45) is 0 Å². The molecule has 0 atom stereocenters. The molecule has 0 aliphatic rings. The number of aryl methyl sites for hydroxylation is 2. The summed E-state index contributed by atoms with van der Waals surface area (Å²) >= 11 is 5.12. The van der Waals surface area contributed by atoms with Crippen LogP contribution in [0.1, 0.15) is 24.8 Å². The van der Waals surface area contributed by atoms with Crippen LogP contribution in [0.2, 0.25) is 0 Å². The van der Waals surface area contributed by atoms with Crippen molar-refractivity contribution in [2.45, 2.75) is 26.7 Å². The summed E-state index contributed by atoms with van der Waals surface area (Å²) in [5.74, 6) is 1.33. The maximum atomic E-state index is 5.66. The smallest absolute Gasteiger partial charge is 0.257 e. The standard InChI is InChI=1S/C12H16BrN3OS/c1-3-14-6-4-5-10-15-16-12(17-10)9-7-8(2)11(13)18-9/h7,14H,3-6H2,1-2H3. The van der Waals surface area contributed by atoms with Gasteiger partial charge in [0.25, 0.3) is 5.89 Å². The molecule has 0 aliphatic carbocycles. The Hall–Kier alpha value is -0.720. The lowest BCUT2D eigenvalue weighted by atomic mass is 10.3. The van der Waals surface area contributed by atoms with E-state index in [0.717, 1.165) is 34.6 Å². The summed E-state index contributed by atoms with van der Waals surface area (Å²) in [5.41, 5.74) is 1.20. The molecule has 0 saturated heterocycles. The molecule has 2 aromatic rings. The van der Waals surface area contributed by atoms with Gasteiger partial charge in [0.15, 0.2) is 0 Å². The van der Waals surface area contributed by atoms with E-state index in [0.29, 0.717) is 11.8 Å². The first kappa shape index (κ1) is 13.7. The van der Waals surface area contributed by atoms with Gasteiger partial charge in [0.05, 0.1) is 8.66 Å². The van der Waals surface area contributed by atoms with Crippen LogP contribution in [0.3, 0.4) is 0 Å². The fraction of sp³-hybridized carbons (Fsp3) is 0.500. The predicted octanol–water partition coefficient (Wildman–Crippen LogP) is 3.41. The SMILES string of the molecule is CCNCCCc1nnc(-c2cc(C)c(Br)s2)o1. The monoisotopic (exact) mass is 329 g/mol. The molecule has 0 aliphatic heterocycles. The zero-order valence-corrected chi connectivity index (χ0v) is 12.9. The fourth-order valence-electron chi connectivity index (χ4n) is 1.56. The number of nitrogens with zero attached hydrogens (tertiary/aromatic N) is 2. The molecule has 0 fully saturated rings. The van der Waals surface area contributed by atoms with Crippen molar-refractivity contribution >= 4 is 27.3 Å². The van der Waals surface area contributed by atoms with Crippen molar-refractivity contribution in [1.29, 1.82) is 0 Å². The minimum absolute atomic E-state index is 0.618. The predicted molar refractivity (Wildman–Crippen MR) is 76.9 cm³/mol. The van der Waals surface area contributed by atoms with Gasteiger partial charge in [0.1, 0.15) is 0 Å². The first-order valence-electron chi connectivity index (χ1n) is 6.00. The van der Waals surface area contributed by atoms with Gasteiger partial charge in [-0.25, -0.2) is 0 Å². The second-order valence-electron chi connectivity index (χ2n) is 4.03. The first-order chi connectivity index (χ1) is 8.70. The van der Waals surface area contributed by atoms with Gasteiger partial charge in [-0.15, -0.1) is 21.5 Å². The molecule has 0 radical (unpaired) electrons. The second kappa shape index (κ2) is 6.45. The number of hydrogen-bond acceptors (Lipinski definition) is 5. The van der Waals surface area contributed by atoms with Crippen LogP contribution in [0, 0.1) is 6.92 Å². The molecule has 0 unspecified atom stereocenters. The third-order valence-corrected chi connectivity index (χ3v) is 4.65. The van der Waals surface area contributed by atoms with Crippen LogP contribution < -0.4 is 5.32 Å². The highest BCUT2D eigenvalue weighted by molar-refractivity contribution is 9.11. The van der Waals surface area contributed by atoms with E-state index in [1.165, 1.54) is 5.56 Å². The van der Waals surface area contributed by atoms with Gasteiger partial charge in [0.2, 0.25) is 5.89 Å². The van der Waals surface area contributed by atoms with E-state index in [1.807, 2.05) is 0 Å². The van der Waals surface area contributed by atoms with Gasteiger partial charge in [-0.2, -0.15) is 0 Å². The number of nitrogens with one attached hydrogen (secondary N) is 1. The van der Waals surface area contributed by atoms with E-state index in [9.17, 15) is 0 Å². The summed E-state index contributed by atoms with van der Waals surface area (Å²) in [6.07, 6.45) is 1.84. The molecule has 0 amide bonds. The number of aromatic nitrogens is 2. The average molecular weight is 330 g/mol. The highest BCUT2D eigenvalue weighted by Crippen LogP contribution is 2.33. The maximum Gasteiger partial charge on any atom is 0.257 e. The molecule has 98 valence electrons. The first-order valence-corrected chi connectivity index (χ1v) is 7.61. The zero-order valence-electron chi connectivity index (χ0n) is 10.5. The number of halogens is 1. The van der Waals surface area contributed by atoms with Gasteiger partial charge >= 0.3 is 0 Å². The molecule has 0 spiro atoms. The van der Waals surface area contributed by atoms with Crippen molar-refractivity contribution in [3.8, 4) is 10.8 Å². The third-order valence-electron chi connectivity index (χ3n) is 2.53. The summed E-state index contributed by atoms with van der Waals surface area (Å²) in [6.45, 7) is 6.13. The minimum atomic E-state index is 0.618. The molecule has 0 saturated carbocycles. The molecule has 4 nitrogen and oxygen atoms in total. The lowest BCUT2D eigenvalue weighted by Gasteiger charge is -1.97. The summed E-state index contributed by atoms with van der Waals surface area (Å²) in [5, 5.41) is 11.4. The minimum Gasteiger partial charge on any atom is -0.420 e. The maximum absolute atomic E-state index is 5.66. The molecule has 0 bridgehead atoms. The van der Waals surface area contributed by atoms with Crippen LogP contribution in [0.4, 0.5) is 0 Å². The highest BCUT2D eigenvalue weighted by atomic mass is 79.9. The van der Waals surface area contributed by atoms with Crippen LogP contribution in [-0.4, -0.2) is 23.3 Å². The van der Waals surface area contributed by atoms with Crippen LogP contribution in [0.15, 0.2) is 14.3 Å². The van der Waals surface area contributed by atoms with E-state index in [1.54, 1.807) is 11.3 Å². The second-order valence-corrected chi connectivity index (χ2v) is 6.40. The van der Waals surface area contributed by atoms with Crippen LogP contribution in [-0.2, 0) is 6.42 Å². The molecular weight excluding hydrogens is 314 g/mol. The van der Waals surface area contributed by atoms with Gasteiger partial charge in [-0.3, -0.25) is 0 Å². The molecule has 1 N–H and O–H groups in total. The number of rotatable bonds is 6.